The van der Waals surface area contributed by atoms with Crippen LogP contribution in [0.1, 0.15) is 16.1 Å². The Kier molecular flexibility index (Phi) is 4.19. The first-order chi connectivity index (χ1) is 12.3. The summed E-state index contributed by atoms with van der Waals surface area (Å²) in [4.78, 5) is 14.3. The van der Waals surface area contributed by atoms with Crippen LogP contribution in [0.15, 0.2) is 30.5 Å². The van der Waals surface area contributed by atoms with Gasteiger partial charge in [0, 0.05) is 31.2 Å². The molecule has 0 aliphatic carbocycles. The Bertz CT molecular complexity index is 822. The number of hydrogen-bond acceptors (Lipinski definition) is 3. The van der Waals surface area contributed by atoms with Crippen molar-refractivity contribution in [2.75, 3.05) is 26.2 Å². The van der Waals surface area contributed by atoms with E-state index in [9.17, 15) is 18.0 Å². The first-order valence-corrected chi connectivity index (χ1v) is 8.63. The molecule has 1 aromatic carbocycles. The van der Waals surface area contributed by atoms with Crippen LogP contribution in [0.2, 0.25) is 5.02 Å². The summed E-state index contributed by atoms with van der Waals surface area (Å²) in [6.45, 7) is 2.54. The van der Waals surface area contributed by atoms with Gasteiger partial charge >= 0.3 is 6.18 Å². The van der Waals surface area contributed by atoms with Gasteiger partial charge in [-0.15, -0.1) is 0 Å². The summed E-state index contributed by atoms with van der Waals surface area (Å²) in [5, 5.41) is 7.49. The van der Waals surface area contributed by atoms with Crippen LogP contribution in [0.25, 0.3) is 5.69 Å². The SMILES string of the molecule is O=C(c1cnn(-c2ccc(Cl)cc2)c1C(F)(F)F)N1C[C@H]2CNC[C@H]2C1. The van der Waals surface area contributed by atoms with Crippen molar-refractivity contribution < 1.29 is 18.0 Å². The number of likely N-dealkylation sites (tertiary alicyclic amines) is 1. The zero-order valence-corrected chi connectivity index (χ0v) is 14.4. The Morgan fingerprint density at radius 2 is 1.77 bits per heavy atom. The molecule has 26 heavy (non-hydrogen) atoms. The number of carbonyl (C=O) groups is 1. The molecule has 2 atom stereocenters. The Labute approximate surface area is 152 Å². The summed E-state index contributed by atoms with van der Waals surface area (Å²) in [6.07, 6.45) is -3.70. The van der Waals surface area contributed by atoms with E-state index < -0.39 is 23.3 Å². The Hall–Kier alpha value is -2.06. The van der Waals surface area contributed by atoms with Gasteiger partial charge in [-0.1, -0.05) is 11.6 Å². The number of halogens is 4. The Balaban J connectivity index is 1.70. The summed E-state index contributed by atoms with van der Waals surface area (Å²) >= 11 is 5.80. The first-order valence-electron chi connectivity index (χ1n) is 8.26. The molecule has 138 valence electrons. The third-order valence-corrected chi connectivity index (χ3v) is 5.27. The number of amides is 1. The highest BCUT2D eigenvalue weighted by Crippen LogP contribution is 2.35. The van der Waals surface area contributed by atoms with Crippen LogP contribution in [0, 0.1) is 11.8 Å². The van der Waals surface area contributed by atoms with Crippen molar-refractivity contribution >= 4 is 17.5 Å². The molecule has 1 aromatic heterocycles. The standard InChI is InChI=1S/C17H16ClF3N4O/c18-12-1-3-13(4-2-12)25-15(17(19,20)21)14(7-23-25)16(26)24-8-10-5-22-6-11(10)9-24/h1-4,7,10-11,22H,5-6,8-9H2/t10-,11+. The molecule has 2 aliphatic rings. The second-order valence-corrected chi connectivity index (χ2v) is 7.12. The minimum atomic E-state index is -4.71. The molecule has 0 unspecified atom stereocenters. The monoisotopic (exact) mass is 384 g/mol. The molecule has 9 heteroatoms. The highest BCUT2D eigenvalue weighted by atomic mass is 35.5. The van der Waals surface area contributed by atoms with Gasteiger partial charge in [0.05, 0.1) is 17.4 Å². The molecular formula is C17H16ClF3N4O. The van der Waals surface area contributed by atoms with Gasteiger partial charge in [-0.05, 0) is 36.1 Å². The van der Waals surface area contributed by atoms with Crippen LogP contribution < -0.4 is 5.32 Å². The van der Waals surface area contributed by atoms with Crippen LogP contribution in [0.3, 0.4) is 0 Å². The van der Waals surface area contributed by atoms with Gasteiger partial charge in [0.1, 0.15) is 0 Å². The zero-order chi connectivity index (χ0) is 18.5. The van der Waals surface area contributed by atoms with E-state index in [-0.39, 0.29) is 5.69 Å². The number of nitrogens with zero attached hydrogens (tertiary/aromatic N) is 3. The van der Waals surface area contributed by atoms with Gasteiger partial charge in [0.25, 0.3) is 5.91 Å². The van der Waals surface area contributed by atoms with E-state index in [4.69, 9.17) is 11.6 Å². The number of aromatic nitrogens is 2. The van der Waals surface area contributed by atoms with Gasteiger partial charge in [0.2, 0.25) is 0 Å². The third-order valence-electron chi connectivity index (χ3n) is 5.02. The summed E-state index contributed by atoms with van der Waals surface area (Å²) in [5.41, 5.74) is -1.27. The van der Waals surface area contributed by atoms with Gasteiger partial charge in [-0.2, -0.15) is 18.3 Å². The van der Waals surface area contributed by atoms with Crippen molar-refractivity contribution in [1.29, 1.82) is 0 Å². The predicted molar refractivity (Wildman–Crippen MR) is 89.3 cm³/mol. The van der Waals surface area contributed by atoms with E-state index >= 15 is 0 Å². The maximum absolute atomic E-state index is 13.7. The number of carbonyl (C=O) groups excluding carboxylic acids is 1. The quantitative estimate of drug-likeness (QED) is 0.866. The molecule has 2 fully saturated rings. The molecule has 0 saturated carbocycles. The molecule has 0 bridgehead atoms. The van der Waals surface area contributed by atoms with Crippen molar-refractivity contribution in [3.05, 3.63) is 46.7 Å². The molecule has 1 N–H and O–H groups in total. The number of benzene rings is 1. The average molecular weight is 385 g/mol. The average Bonchev–Trinajstić information content (AvgIpc) is 3.28. The van der Waals surface area contributed by atoms with Crippen LogP contribution in [0.4, 0.5) is 13.2 Å². The van der Waals surface area contributed by atoms with E-state index in [1.165, 1.54) is 29.2 Å². The number of nitrogens with one attached hydrogen (secondary N) is 1. The van der Waals surface area contributed by atoms with Crippen molar-refractivity contribution in [3.8, 4) is 5.69 Å². The largest absolute Gasteiger partial charge is 0.434 e. The van der Waals surface area contributed by atoms with Gasteiger partial charge in [0.15, 0.2) is 5.69 Å². The number of fused-ring (bicyclic) bond motifs is 1. The van der Waals surface area contributed by atoms with E-state index in [1.807, 2.05) is 0 Å². The number of hydrogen-bond donors (Lipinski definition) is 1. The third kappa shape index (κ3) is 2.97. The minimum absolute atomic E-state index is 0.197. The topological polar surface area (TPSA) is 50.2 Å². The van der Waals surface area contributed by atoms with Crippen molar-refractivity contribution in [3.63, 3.8) is 0 Å². The van der Waals surface area contributed by atoms with Crippen molar-refractivity contribution in [2.45, 2.75) is 6.18 Å². The first kappa shape index (κ1) is 17.4. The molecule has 2 aliphatic heterocycles. The Morgan fingerprint density at radius 1 is 1.15 bits per heavy atom. The lowest BCUT2D eigenvalue weighted by Crippen LogP contribution is -2.33. The van der Waals surface area contributed by atoms with Crippen LogP contribution >= 0.6 is 11.6 Å². The lowest BCUT2D eigenvalue weighted by molar-refractivity contribution is -0.143. The fourth-order valence-electron chi connectivity index (χ4n) is 3.75. The van der Waals surface area contributed by atoms with Crippen LogP contribution in [-0.4, -0.2) is 46.8 Å². The molecule has 0 spiro atoms. The lowest BCUT2D eigenvalue weighted by atomic mass is 10.0. The van der Waals surface area contributed by atoms with E-state index in [1.54, 1.807) is 0 Å². The predicted octanol–water partition coefficient (Wildman–Crippen LogP) is 2.84. The molecular weight excluding hydrogens is 369 g/mol. The molecule has 3 heterocycles. The van der Waals surface area contributed by atoms with E-state index in [0.29, 0.717) is 29.9 Å². The number of rotatable bonds is 2. The maximum Gasteiger partial charge on any atom is 0.434 e. The van der Waals surface area contributed by atoms with Gasteiger partial charge in [-0.25, -0.2) is 4.68 Å². The van der Waals surface area contributed by atoms with Crippen LogP contribution in [-0.2, 0) is 6.18 Å². The summed E-state index contributed by atoms with van der Waals surface area (Å²) in [6, 6.07) is 5.83. The molecule has 1 amide bonds. The molecule has 0 radical (unpaired) electrons. The molecule has 4 rings (SSSR count). The zero-order valence-electron chi connectivity index (χ0n) is 13.6. The van der Waals surface area contributed by atoms with Crippen LogP contribution in [0.5, 0.6) is 0 Å². The highest BCUT2D eigenvalue weighted by Gasteiger charge is 2.44. The van der Waals surface area contributed by atoms with Crippen molar-refractivity contribution in [1.82, 2.24) is 20.0 Å². The second kappa shape index (κ2) is 6.28. The summed E-state index contributed by atoms with van der Waals surface area (Å²) < 4.78 is 41.9. The van der Waals surface area contributed by atoms with E-state index in [2.05, 4.69) is 10.4 Å². The molecule has 5 nitrogen and oxygen atoms in total. The fraction of sp³-hybridized carbons (Fsp3) is 0.412. The summed E-state index contributed by atoms with van der Waals surface area (Å²) in [5.74, 6) is -0.00821. The molecule has 2 aromatic rings. The van der Waals surface area contributed by atoms with Crippen molar-refractivity contribution in [2.24, 2.45) is 11.8 Å². The second-order valence-electron chi connectivity index (χ2n) is 6.68. The normalized spacial score (nSPS) is 22.7. The lowest BCUT2D eigenvalue weighted by Gasteiger charge is -2.19. The minimum Gasteiger partial charge on any atom is -0.338 e. The highest BCUT2D eigenvalue weighted by molar-refractivity contribution is 6.30. The van der Waals surface area contributed by atoms with Gasteiger partial charge in [-0.3, -0.25) is 4.79 Å². The fourth-order valence-corrected chi connectivity index (χ4v) is 3.87. The maximum atomic E-state index is 13.7. The smallest absolute Gasteiger partial charge is 0.338 e. The van der Waals surface area contributed by atoms with Gasteiger partial charge < -0.3 is 10.2 Å². The summed E-state index contributed by atoms with van der Waals surface area (Å²) in [7, 11) is 0. The molecule has 2 saturated heterocycles. The van der Waals surface area contributed by atoms with E-state index in [0.717, 1.165) is 24.0 Å². The number of alkyl halides is 3. The Morgan fingerprint density at radius 3 is 2.35 bits per heavy atom.